The van der Waals surface area contributed by atoms with E-state index in [9.17, 15) is 0 Å². The summed E-state index contributed by atoms with van der Waals surface area (Å²) in [7, 11) is 0. The number of fused-ring (bicyclic) bond motifs is 5. The molecule has 0 aliphatic heterocycles. The molecular weight excluding hydrogens is 553 g/mol. The fraction of sp³-hybridized carbons (Fsp3) is 0.0870. The van der Waals surface area contributed by atoms with E-state index >= 15 is 0 Å². The van der Waals surface area contributed by atoms with Crippen molar-refractivity contribution in [3.05, 3.63) is 191 Å². The zero-order chi connectivity index (χ0) is 30.5. The molecule has 0 saturated heterocycles. The van der Waals surface area contributed by atoms with Crippen molar-refractivity contribution < 1.29 is 0 Å². The molecule has 7 aromatic carbocycles. The summed E-state index contributed by atoms with van der Waals surface area (Å²) >= 11 is 0. The number of hydrogen-bond donors (Lipinski definition) is 0. The lowest BCUT2D eigenvalue weighted by Gasteiger charge is -2.25. The Kier molecular flexibility index (Phi) is 6.53. The molecule has 0 radical (unpaired) electrons. The van der Waals surface area contributed by atoms with Crippen LogP contribution in [0.1, 0.15) is 33.4 Å². The van der Waals surface area contributed by atoms with E-state index in [4.69, 9.17) is 0 Å². The minimum Gasteiger partial charge on any atom is -0.0622 e. The number of hydrogen-bond acceptors (Lipinski definition) is 0. The molecule has 0 spiro atoms. The van der Waals surface area contributed by atoms with Gasteiger partial charge in [0.1, 0.15) is 0 Å². The molecule has 0 fully saturated rings. The Hall–Kier alpha value is -5.46. The molecule has 0 heteroatoms. The van der Waals surface area contributed by atoms with E-state index in [2.05, 4.69) is 158 Å². The Labute approximate surface area is 271 Å². The summed E-state index contributed by atoms with van der Waals surface area (Å²) in [5.41, 5.74) is 21.3. The van der Waals surface area contributed by atoms with Gasteiger partial charge in [0.25, 0.3) is 0 Å². The predicted molar refractivity (Wildman–Crippen MR) is 193 cm³/mol. The zero-order valence-electron chi connectivity index (χ0n) is 25.8. The van der Waals surface area contributed by atoms with Crippen molar-refractivity contribution in [2.24, 2.45) is 0 Å². The average Bonchev–Trinajstić information content (AvgIpc) is 3.25. The molecule has 0 unspecified atom stereocenters. The fourth-order valence-corrected chi connectivity index (χ4v) is 7.71. The summed E-state index contributed by atoms with van der Waals surface area (Å²) in [5, 5.41) is 0. The topological polar surface area (TPSA) is 0 Å². The number of benzene rings is 7. The van der Waals surface area contributed by atoms with Gasteiger partial charge in [0.05, 0.1) is 0 Å². The van der Waals surface area contributed by atoms with E-state index < -0.39 is 0 Å². The van der Waals surface area contributed by atoms with Gasteiger partial charge < -0.3 is 0 Å². The second-order valence-electron chi connectivity index (χ2n) is 12.8. The first-order chi connectivity index (χ1) is 22.8. The van der Waals surface area contributed by atoms with Crippen molar-refractivity contribution in [2.75, 3.05) is 0 Å². The van der Waals surface area contributed by atoms with Crippen molar-refractivity contribution in [3.63, 3.8) is 0 Å². The third-order valence-corrected chi connectivity index (χ3v) is 9.96. The number of aryl methyl sites for hydroxylation is 2. The third-order valence-electron chi connectivity index (χ3n) is 9.96. The van der Waals surface area contributed by atoms with Gasteiger partial charge >= 0.3 is 0 Å². The second-order valence-corrected chi connectivity index (χ2v) is 12.8. The van der Waals surface area contributed by atoms with Crippen molar-refractivity contribution in [3.8, 4) is 55.6 Å². The maximum Gasteiger partial charge on any atom is -0.00134 e. The quantitative estimate of drug-likeness (QED) is 0.189. The lowest BCUT2D eigenvalue weighted by atomic mass is 9.78. The monoisotopic (exact) mass is 586 g/mol. The molecule has 0 amide bonds. The Balaban J connectivity index is 1.47. The maximum absolute atomic E-state index is 2.52. The van der Waals surface area contributed by atoms with E-state index in [1.807, 2.05) is 0 Å². The molecule has 7 aromatic rings. The molecule has 0 aromatic heterocycles. The Morgan fingerprint density at radius 2 is 0.913 bits per heavy atom. The first-order valence-electron chi connectivity index (χ1n) is 16.5. The normalized spacial score (nSPS) is 12.9. The van der Waals surface area contributed by atoms with Crippen LogP contribution in [0.3, 0.4) is 0 Å². The van der Waals surface area contributed by atoms with E-state index in [1.165, 1.54) is 89.0 Å². The van der Waals surface area contributed by atoms with Gasteiger partial charge in [-0.3, -0.25) is 0 Å². The first-order valence-corrected chi connectivity index (χ1v) is 16.5. The highest BCUT2D eigenvalue weighted by Gasteiger charge is 2.28. The van der Waals surface area contributed by atoms with E-state index in [0.29, 0.717) is 0 Å². The van der Waals surface area contributed by atoms with Crippen LogP contribution in [0.5, 0.6) is 0 Å². The average molecular weight is 587 g/mol. The first kappa shape index (κ1) is 26.9. The highest BCUT2D eigenvalue weighted by molar-refractivity contribution is 6.08. The van der Waals surface area contributed by atoms with Crippen molar-refractivity contribution in [1.82, 2.24) is 0 Å². The van der Waals surface area contributed by atoms with Crippen LogP contribution in [0, 0.1) is 0 Å². The van der Waals surface area contributed by atoms with Crippen LogP contribution in [-0.4, -0.2) is 0 Å². The third kappa shape index (κ3) is 4.70. The maximum atomic E-state index is 2.52. The van der Waals surface area contributed by atoms with Gasteiger partial charge in [0.2, 0.25) is 0 Å². The molecule has 0 nitrogen and oxygen atoms in total. The highest BCUT2D eigenvalue weighted by atomic mass is 14.3. The summed E-state index contributed by atoms with van der Waals surface area (Å²) in [6, 6.07) is 59.5. The highest BCUT2D eigenvalue weighted by Crippen LogP contribution is 2.53. The Morgan fingerprint density at radius 3 is 1.72 bits per heavy atom. The summed E-state index contributed by atoms with van der Waals surface area (Å²) in [6.07, 6.45) is 3.90. The minimum atomic E-state index is 0.918. The van der Waals surface area contributed by atoms with Gasteiger partial charge in [-0.15, -0.1) is 0 Å². The van der Waals surface area contributed by atoms with Gasteiger partial charge in [-0.25, -0.2) is 0 Å². The van der Waals surface area contributed by atoms with Crippen LogP contribution in [0.25, 0.3) is 55.6 Å². The summed E-state index contributed by atoms with van der Waals surface area (Å²) < 4.78 is 0. The molecule has 10 rings (SSSR count). The van der Waals surface area contributed by atoms with Crippen molar-refractivity contribution >= 4 is 0 Å². The number of rotatable bonds is 2. The van der Waals surface area contributed by atoms with Gasteiger partial charge in [-0.1, -0.05) is 152 Å². The van der Waals surface area contributed by atoms with Gasteiger partial charge in [-0.05, 0) is 121 Å². The molecule has 218 valence electrons. The Morgan fingerprint density at radius 1 is 0.283 bits per heavy atom. The fourth-order valence-electron chi connectivity index (χ4n) is 7.71. The van der Waals surface area contributed by atoms with Crippen LogP contribution < -0.4 is 0 Å². The largest absolute Gasteiger partial charge is 0.0622 e. The van der Waals surface area contributed by atoms with Crippen LogP contribution in [-0.2, 0) is 25.7 Å². The van der Waals surface area contributed by atoms with Crippen molar-refractivity contribution in [1.29, 1.82) is 0 Å². The predicted octanol–water partition coefficient (Wildman–Crippen LogP) is 11.6. The van der Waals surface area contributed by atoms with E-state index in [-0.39, 0.29) is 0 Å². The Bertz CT molecular complexity index is 2220. The summed E-state index contributed by atoms with van der Waals surface area (Å²) in [4.78, 5) is 0. The molecule has 46 heavy (non-hydrogen) atoms. The molecule has 3 aliphatic carbocycles. The minimum absolute atomic E-state index is 0.918. The molecular formula is C46H34. The molecule has 0 saturated carbocycles. The molecule has 0 atom stereocenters. The molecule has 3 aliphatic rings. The van der Waals surface area contributed by atoms with Crippen LogP contribution in [0.4, 0.5) is 0 Å². The summed E-state index contributed by atoms with van der Waals surface area (Å²) in [5.74, 6) is 0. The van der Waals surface area contributed by atoms with Gasteiger partial charge in [-0.2, -0.15) is 0 Å². The van der Waals surface area contributed by atoms with Gasteiger partial charge in [0, 0.05) is 0 Å². The van der Waals surface area contributed by atoms with Crippen LogP contribution >= 0.6 is 0 Å². The summed E-state index contributed by atoms with van der Waals surface area (Å²) in [6.45, 7) is 0. The smallest absolute Gasteiger partial charge is 0.00134 e. The zero-order valence-corrected chi connectivity index (χ0v) is 25.8. The lowest BCUT2D eigenvalue weighted by molar-refractivity contribution is 0.956. The van der Waals surface area contributed by atoms with Crippen LogP contribution in [0.15, 0.2) is 158 Å². The molecule has 0 N–H and O–H groups in total. The molecule has 0 heterocycles. The molecule has 8 bridgehead atoms. The SMILES string of the molecule is c1ccc(-c2c3cc4c(c2-c2ccccc2)-c2ccccc2Cc2ccc(cc2-4)CCc2ccc(cc2)Cc2cccc-3c2)cc1. The van der Waals surface area contributed by atoms with Crippen molar-refractivity contribution in [2.45, 2.75) is 25.7 Å². The standard InChI is InChI=1S/C46H34/c1-3-11-35(12-4-1)44-42-30-43-41-28-33(23-20-31-18-21-32(22-19-31)26-34-10-9-16-37(42)27-34)24-25-39(41)29-38-15-7-8-17-40(38)46(43)45(44)36-13-5-2-6-14-36/h1-19,21-22,24-25,27-28,30H,20,23,26,29H2. The lowest BCUT2D eigenvalue weighted by Crippen LogP contribution is -2.00. The van der Waals surface area contributed by atoms with Crippen LogP contribution in [0.2, 0.25) is 0 Å². The second kappa shape index (κ2) is 11.2. The van der Waals surface area contributed by atoms with E-state index in [1.54, 1.807) is 0 Å². The van der Waals surface area contributed by atoms with E-state index in [0.717, 1.165) is 25.7 Å². The van der Waals surface area contributed by atoms with Gasteiger partial charge in [0.15, 0.2) is 0 Å².